The second-order valence-electron chi connectivity index (χ2n) is 6.57. The normalized spacial score (nSPS) is 11.8. The molecule has 0 radical (unpaired) electrons. The van der Waals surface area contributed by atoms with Crippen LogP contribution in [0.2, 0.25) is 0 Å². The van der Waals surface area contributed by atoms with Crippen LogP contribution in [0.5, 0.6) is 0 Å². The van der Waals surface area contributed by atoms with Gasteiger partial charge in [-0.1, -0.05) is 68.4 Å². The SMILES string of the molecule is CC(C)c1ccc(/C=C/C(=O)NCCS(=O)(=O)NCc2ccccc2)cc1. The molecule has 1 amide bonds. The second-order valence-corrected chi connectivity index (χ2v) is 8.50. The second kappa shape index (κ2) is 10.0. The quantitative estimate of drug-likeness (QED) is 0.651. The lowest BCUT2D eigenvalue weighted by molar-refractivity contribution is -0.116. The van der Waals surface area contributed by atoms with Crippen LogP contribution < -0.4 is 10.0 Å². The Morgan fingerprint density at radius 2 is 1.70 bits per heavy atom. The van der Waals surface area contributed by atoms with E-state index in [1.807, 2.05) is 54.6 Å². The molecular weight excluding hydrogens is 360 g/mol. The lowest BCUT2D eigenvalue weighted by atomic mass is 10.0. The zero-order valence-corrected chi connectivity index (χ0v) is 16.5. The smallest absolute Gasteiger partial charge is 0.244 e. The largest absolute Gasteiger partial charge is 0.351 e. The average Bonchev–Trinajstić information content (AvgIpc) is 2.66. The van der Waals surface area contributed by atoms with Gasteiger partial charge in [0.1, 0.15) is 0 Å². The van der Waals surface area contributed by atoms with Crippen LogP contribution >= 0.6 is 0 Å². The molecule has 0 aliphatic heterocycles. The van der Waals surface area contributed by atoms with Crippen molar-refractivity contribution in [1.29, 1.82) is 0 Å². The molecule has 5 nitrogen and oxygen atoms in total. The third kappa shape index (κ3) is 7.76. The van der Waals surface area contributed by atoms with Gasteiger partial charge in [-0.3, -0.25) is 4.79 Å². The molecule has 144 valence electrons. The number of carbonyl (C=O) groups excluding carboxylic acids is 1. The van der Waals surface area contributed by atoms with Crippen molar-refractivity contribution in [3.05, 3.63) is 77.4 Å². The Balaban J connectivity index is 1.74. The van der Waals surface area contributed by atoms with Gasteiger partial charge in [0.05, 0.1) is 5.75 Å². The molecule has 0 aliphatic carbocycles. The van der Waals surface area contributed by atoms with E-state index in [1.54, 1.807) is 6.08 Å². The summed E-state index contributed by atoms with van der Waals surface area (Å²) < 4.78 is 26.5. The summed E-state index contributed by atoms with van der Waals surface area (Å²) in [5.41, 5.74) is 3.05. The molecule has 0 spiro atoms. The van der Waals surface area contributed by atoms with E-state index in [0.29, 0.717) is 5.92 Å². The molecule has 0 heterocycles. The lowest BCUT2D eigenvalue weighted by Gasteiger charge is -2.07. The first kappa shape index (κ1) is 20.9. The van der Waals surface area contributed by atoms with Crippen LogP contribution in [0.3, 0.4) is 0 Å². The molecule has 2 aromatic carbocycles. The predicted molar refractivity (Wildman–Crippen MR) is 110 cm³/mol. The number of rotatable bonds is 9. The molecule has 0 unspecified atom stereocenters. The summed E-state index contributed by atoms with van der Waals surface area (Å²) in [6, 6.07) is 17.3. The molecule has 0 saturated heterocycles. The Labute approximate surface area is 161 Å². The molecule has 0 aliphatic rings. The molecule has 2 aromatic rings. The van der Waals surface area contributed by atoms with Crippen molar-refractivity contribution < 1.29 is 13.2 Å². The van der Waals surface area contributed by atoms with Crippen LogP contribution in [0.15, 0.2) is 60.7 Å². The summed E-state index contributed by atoms with van der Waals surface area (Å²) in [5, 5.41) is 2.59. The monoisotopic (exact) mass is 386 g/mol. The van der Waals surface area contributed by atoms with Crippen molar-refractivity contribution in [2.45, 2.75) is 26.3 Å². The highest BCUT2D eigenvalue weighted by Gasteiger charge is 2.10. The number of sulfonamides is 1. The van der Waals surface area contributed by atoms with Crippen LogP contribution in [0.25, 0.3) is 6.08 Å². The number of carbonyl (C=O) groups is 1. The van der Waals surface area contributed by atoms with Crippen molar-refractivity contribution >= 4 is 22.0 Å². The summed E-state index contributed by atoms with van der Waals surface area (Å²) in [4.78, 5) is 11.8. The van der Waals surface area contributed by atoms with Crippen LogP contribution in [-0.4, -0.2) is 26.6 Å². The van der Waals surface area contributed by atoms with E-state index in [1.165, 1.54) is 11.6 Å². The van der Waals surface area contributed by atoms with E-state index in [2.05, 4.69) is 23.9 Å². The van der Waals surface area contributed by atoms with E-state index >= 15 is 0 Å². The van der Waals surface area contributed by atoms with Crippen LogP contribution in [0.1, 0.15) is 36.5 Å². The van der Waals surface area contributed by atoms with Gasteiger partial charge in [0.15, 0.2) is 0 Å². The number of amides is 1. The number of benzene rings is 2. The standard InChI is InChI=1S/C21H26N2O3S/c1-17(2)20-11-8-18(9-12-20)10-13-21(24)22-14-15-27(25,26)23-16-19-6-4-3-5-7-19/h3-13,17,23H,14-16H2,1-2H3,(H,22,24)/b13-10+. The lowest BCUT2D eigenvalue weighted by Crippen LogP contribution is -2.33. The Kier molecular flexibility index (Phi) is 7.76. The Morgan fingerprint density at radius 1 is 1.04 bits per heavy atom. The molecule has 0 fully saturated rings. The molecular formula is C21H26N2O3S. The highest BCUT2D eigenvalue weighted by molar-refractivity contribution is 7.89. The van der Waals surface area contributed by atoms with Gasteiger partial charge in [-0.2, -0.15) is 0 Å². The summed E-state index contributed by atoms with van der Waals surface area (Å²) in [7, 11) is -3.44. The van der Waals surface area contributed by atoms with Gasteiger partial charge in [0.2, 0.25) is 15.9 Å². The number of nitrogens with one attached hydrogen (secondary N) is 2. The van der Waals surface area contributed by atoms with E-state index in [4.69, 9.17) is 0 Å². The Morgan fingerprint density at radius 3 is 2.33 bits per heavy atom. The minimum Gasteiger partial charge on any atom is -0.351 e. The van der Waals surface area contributed by atoms with E-state index in [9.17, 15) is 13.2 Å². The van der Waals surface area contributed by atoms with E-state index in [0.717, 1.165) is 11.1 Å². The maximum absolute atomic E-state index is 12.0. The fraction of sp³-hybridized carbons (Fsp3) is 0.286. The molecule has 0 bridgehead atoms. The predicted octanol–water partition coefficient (Wildman–Crippen LogP) is 3.06. The van der Waals surface area contributed by atoms with Crippen molar-refractivity contribution in [2.75, 3.05) is 12.3 Å². The highest BCUT2D eigenvalue weighted by atomic mass is 32.2. The maximum atomic E-state index is 12.0. The Hall–Kier alpha value is -2.44. The van der Waals surface area contributed by atoms with Crippen molar-refractivity contribution in [2.24, 2.45) is 0 Å². The minimum absolute atomic E-state index is 0.0551. The third-order valence-electron chi connectivity index (χ3n) is 4.04. The zero-order valence-electron chi connectivity index (χ0n) is 15.7. The first-order valence-electron chi connectivity index (χ1n) is 8.93. The van der Waals surface area contributed by atoms with Crippen molar-refractivity contribution in [3.8, 4) is 0 Å². The van der Waals surface area contributed by atoms with Gasteiger partial charge in [-0.15, -0.1) is 0 Å². The highest BCUT2D eigenvalue weighted by Crippen LogP contribution is 2.15. The zero-order chi connectivity index (χ0) is 19.7. The topological polar surface area (TPSA) is 75.3 Å². The van der Waals surface area contributed by atoms with Gasteiger partial charge in [-0.25, -0.2) is 13.1 Å². The molecule has 0 saturated carbocycles. The molecule has 0 atom stereocenters. The fourth-order valence-corrected chi connectivity index (χ4v) is 3.29. The van der Waals surface area contributed by atoms with Crippen LogP contribution in [0.4, 0.5) is 0 Å². The molecule has 6 heteroatoms. The van der Waals surface area contributed by atoms with Crippen molar-refractivity contribution in [3.63, 3.8) is 0 Å². The summed E-state index contributed by atoms with van der Waals surface area (Å²) in [5.74, 6) is -0.0207. The Bertz CT molecular complexity index is 858. The van der Waals surface area contributed by atoms with Gasteiger partial charge in [-0.05, 0) is 28.7 Å². The summed E-state index contributed by atoms with van der Waals surface area (Å²) in [6.45, 7) is 4.55. The molecule has 2 N–H and O–H groups in total. The maximum Gasteiger partial charge on any atom is 0.244 e. The fourth-order valence-electron chi connectivity index (χ4n) is 2.39. The van der Waals surface area contributed by atoms with E-state index < -0.39 is 10.0 Å². The molecule has 2 rings (SSSR count). The number of hydrogen-bond donors (Lipinski definition) is 2. The third-order valence-corrected chi connectivity index (χ3v) is 5.37. The average molecular weight is 387 g/mol. The van der Waals surface area contributed by atoms with Gasteiger partial charge >= 0.3 is 0 Å². The summed E-state index contributed by atoms with van der Waals surface area (Å²) in [6.07, 6.45) is 3.12. The van der Waals surface area contributed by atoms with Gasteiger partial charge in [0, 0.05) is 19.2 Å². The molecule has 27 heavy (non-hydrogen) atoms. The van der Waals surface area contributed by atoms with Crippen LogP contribution in [-0.2, 0) is 21.4 Å². The summed E-state index contributed by atoms with van der Waals surface area (Å²) >= 11 is 0. The van der Waals surface area contributed by atoms with Gasteiger partial charge < -0.3 is 5.32 Å². The first-order chi connectivity index (χ1) is 12.9. The van der Waals surface area contributed by atoms with E-state index in [-0.39, 0.29) is 24.7 Å². The minimum atomic E-state index is -3.44. The first-order valence-corrected chi connectivity index (χ1v) is 10.6. The van der Waals surface area contributed by atoms with Gasteiger partial charge in [0.25, 0.3) is 0 Å². The molecule has 0 aromatic heterocycles. The van der Waals surface area contributed by atoms with Crippen molar-refractivity contribution in [1.82, 2.24) is 10.0 Å². The number of hydrogen-bond acceptors (Lipinski definition) is 3. The van der Waals surface area contributed by atoms with Crippen LogP contribution in [0, 0.1) is 0 Å².